The summed E-state index contributed by atoms with van der Waals surface area (Å²) in [5.41, 5.74) is 2.41. The van der Waals surface area contributed by atoms with Gasteiger partial charge in [-0.15, -0.1) is 0 Å². The van der Waals surface area contributed by atoms with Crippen molar-refractivity contribution in [2.24, 2.45) is 0 Å². The Morgan fingerprint density at radius 3 is 2.78 bits per heavy atom. The number of nitrogens with zero attached hydrogens (tertiary/aromatic N) is 3. The zero-order valence-electron chi connectivity index (χ0n) is 10.5. The molecule has 0 aliphatic heterocycles. The van der Waals surface area contributed by atoms with Gasteiger partial charge in [-0.25, -0.2) is 9.67 Å². The molecule has 0 spiro atoms. The Hall–Kier alpha value is -1.49. The molecule has 1 aromatic heterocycles. The van der Waals surface area contributed by atoms with Gasteiger partial charge in [-0.3, -0.25) is 0 Å². The Bertz CT molecular complexity index is 439. The fourth-order valence-corrected chi connectivity index (χ4v) is 2.11. The molecule has 0 aliphatic rings. The smallest absolute Gasteiger partial charge is 0.137 e. The molecule has 0 atom stereocenters. The van der Waals surface area contributed by atoms with Crippen molar-refractivity contribution < 1.29 is 0 Å². The van der Waals surface area contributed by atoms with Crippen LogP contribution in [0.15, 0.2) is 36.9 Å². The molecule has 0 amide bonds. The van der Waals surface area contributed by atoms with E-state index in [1.165, 1.54) is 23.4 Å². The van der Waals surface area contributed by atoms with Crippen LogP contribution in [0.4, 0.5) is 5.69 Å². The average Bonchev–Trinajstić information content (AvgIpc) is 2.89. The fourth-order valence-electron chi connectivity index (χ4n) is 1.68. The average molecular weight is 262 g/mol. The Morgan fingerprint density at radius 2 is 2.11 bits per heavy atom. The molecule has 0 aliphatic carbocycles. The van der Waals surface area contributed by atoms with Crippen LogP contribution < -0.4 is 5.32 Å². The Balaban J connectivity index is 1.82. The SMILES string of the molecule is CSCCCNc1ccc(Cn2cncn2)cc1. The van der Waals surface area contributed by atoms with Gasteiger partial charge in [0.05, 0.1) is 6.54 Å². The molecule has 0 bridgehead atoms. The number of benzene rings is 1. The van der Waals surface area contributed by atoms with Gasteiger partial charge in [0.15, 0.2) is 0 Å². The molecule has 4 nitrogen and oxygen atoms in total. The summed E-state index contributed by atoms with van der Waals surface area (Å²) in [5, 5.41) is 7.51. The van der Waals surface area contributed by atoms with Gasteiger partial charge in [0, 0.05) is 12.2 Å². The zero-order valence-corrected chi connectivity index (χ0v) is 11.4. The van der Waals surface area contributed by atoms with Gasteiger partial charge in [-0.05, 0) is 36.1 Å². The summed E-state index contributed by atoms with van der Waals surface area (Å²) in [7, 11) is 0. The number of thioether (sulfide) groups is 1. The van der Waals surface area contributed by atoms with Crippen LogP contribution in [0.2, 0.25) is 0 Å². The number of hydrogen-bond donors (Lipinski definition) is 1. The standard InChI is InChI=1S/C13H18N4S/c1-18-8-2-7-15-13-5-3-12(4-6-13)9-17-11-14-10-16-17/h3-6,10-11,15H,2,7-9H2,1H3. The number of nitrogens with one attached hydrogen (secondary N) is 1. The van der Waals surface area contributed by atoms with E-state index in [1.54, 1.807) is 12.7 Å². The molecule has 5 heteroatoms. The van der Waals surface area contributed by atoms with Crippen LogP contribution in [-0.2, 0) is 6.54 Å². The molecular weight excluding hydrogens is 244 g/mol. The lowest BCUT2D eigenvalue weighted by molar-refractivity contribution is 0.685. The number of aromatic nitrogens is 3. The molecule has 2 rings (SSSR count). The predicted molar refractivity (Wildman–Crippen MR) is 77.1 cm³/mol. The topological polar surface area (TPSA) is 42.7 Å². The molecule has 1 heterocycles. The van der Waals surface area contributed by atoms with Crippen LogP contribution in [0.1, 0.15) is 12.0 Å². The van der Waals surface area contributed by atoms with Crippen LogP contribution in [0.5, 0.6) is 0 Å². The maximum Gasteiger partial charge on any atom is 0.137 e. The third-order valence-electron chi connectivity index (χ3n) is 2.62. The van der Waals surface area contributed by atoms with Crippen molar-refractivity contribution in [2.45, 2.75) is 13.0 Å². The molecule has 0 radical (unpaired) electrons. The van der Waals surface area contributed by atoms with Crippen molar-refractivity contribution in [2.75, 3.05) is 23.9 Å². The fraction of sp³-hybridized carbons (Fsp3) is 0.385. The van der Waals surface area contributed by atoms with Crippen molar-refractivity contribution in [1.82, 2.24) is 14.8 Å². The molecule has 18 heavy (non-hydrogen) atoms. The highest BCUT2D eigenvalue weighted by Gasteiger charge is 1.96. The minimum absolute atomic E-state index is 0.771. The lowest BCUT2D eigenvalue weighted by Gasteiger charge is -2.07. The van der Waals surface area contributed by atoms with Crippen LogP contribution in [0.3, 0.4) is 0 Å². The number of anilines is 1. The predicted octanol–water partition coefficient (Wildman–Crippen LogP) is 2.49. The first-order valence-corrected chi connectivity index (χ1v) is 7.42. The lowest BCUT2D eigenvalue weighted by Crippen LogP contribution is -2.03. The van der Waals surface area contributed by atoms with Crippen molar-refractivity contribution in [1.29, 1.82) is 0 Å². The van der Waals surface area contributed by atoms with E-state index in [9.17, 15) is 0 Å². The highest BCUT2D eigenvalue weighted by atomic mass is 32.2. The number of hydrogen-bond acceptors (Lipinski definition) is 4. The second-order valence-electron chi connectivity index (χ2n) is 4.06. The van der Waals surface area contributed by atoms with Crippen molar-refractivity contribution >= 4 is 17.4 Å². The summed E-state index contributed by atoms with van der Waals surface area (Å²) in [4.78, 5) is 3.93. The maximum absolute atomic E-state index is 4.09. The Kier molecular flexibility index (Phi) is 5.08. The largest absolute Gasteiger partial charge is 0.385 e. The zero-order chi connectivity index (χ0) is 12.6. The summed E-state index contributed by atoms with van der Waals surface area (Å²) in [6.45, 7) is 1.80. The van der Waals surface area contributed by atoms with E-state index in [1.807, 2.05) is 16.4 Å². The van der Waals surface area contributed by atoms with Crippen molar-refractivity contribution in [3.63, 3.8) is 0 Å². The molecule has 1 N–H and O–H groups in total. The van der Waals surface area contributed by atoms with E-state index in [0.717, 1.165) is 13.1 Å². The highest BCUT2D eigenvalue weighted by molar-refractivity contribution is 7.98. The van der Waals surface area contributed by atoms with Crippen LogP contribution >= 0.6 is 11.8 Å². The van der Waals surface area contributed by atoms with E-state index in [0.29, 0.717) is 0 Å². The van der Waals surface area contributed by atoms with E-state index in [2.05, 4.69) is 45.9 Å². The van der Waals surface area contributed by atoms with Crippen LogP contribution in [-0.4, -0.2) is 33.3 Å². The van der Waals surface area contributed by atoms with Gasteiger partial charge < -0.3 is 5.32 Å². The first kappa shape index (κ1) is 13.0. The third kappa shape index (κ3) is 4.07. The van der Waals surface area contributed by atoms with Gasteiger partial charge in [-0.1, -0.05) is 12.1 Å². The lowest BCUT2D eigenvalue weighted by atomic mass is 10.2. The summed E-state index contributed by atoms with van der Waals surface area (Å²) in [6, 6.07) is 8.48. The van der Waals surface area contributed by atoms with Gasteiger partial charge >= 0.3 is 0 Å². The first-order valence-electron chi connectivity index (χ1n) is 6.02. The second-order valence-corrected chi connectivity index (χ2v) is 5.05. The van der Waals surface area contributed by atoms with E-state index in [-0.39, 0.29) is 0 Å². The Morgan fingerprint density at radius 1 is 1.28 bits per heavy atom. The van der Waals surface area contributed by atoms with Gasteiger partial charge in [-0.2, -0.15) is 16.9 Å². The van der Waals surface area contributed by atoms with E-state index < -0.39 is 0 Å². The molecular formula is C13H18N4S. The molecule has 0 saturated carbocycles. The summed E-state index contributed by atoms with van der Waals surface area (Å²) >= 11 is 1.89. The Labute approximate surface area is 112 Å². The van der Waals surface area contributed by atoms with Gasteiger partial charge in [0.1, 0.15) is 12.7 Å². The molecule has 0 saturated heterocycles. The summed E-state index contributed by atoms with van der Waals surface area (Å²) in [6.07, 6.45) is 6.62. The third-order valence-corrected chi connectivity index (χ3v) is 3.32. The molecule has 0 fully saturated rings. The minimum Gasteiger partial charge on any atom is -0.385 e. The van der Waals surface area contributed by atoms with E-state index in [4.69, 9.17) is 0 Å². The quantitative estimate of drug-likeness (QED) is 0.779. The minimum atomic E-state index is 0.771. The molecule has 0 unspecified atom stereocenters. The molecule has 96 valence electrons. The van der Waals surface area contributed by atoms with Crippen LogP contribution in [0, 0.1) is 0 Å². The normalized spacial score (nSPS) is 10.5. The van der Waals surface area contributed by atoms with Crippen LogP contribution in [0.25, 0.3) is 0 Å². The second kappa shape index (κ2) is 7.06. The van der Waals surface area contributed by atoms with E-state index >= 15 is 0 Å². The first-order chi connectivity index (χ1) is 8.88. The van der Waals surface area contributed by atoms with Crippen molar-refractivity contribution in [3.8, 4) is 0 Å². The molecule has 1 aromatic carbocycles. The molecule has 2 aromatic rings. The van der Waals surface area contributed by atoms with Gasteiger partial charge in [0.25, 0.3) is 0 Å². The summed E-state index contributed by atoms with van der Waals surface area (Å²) < 4.78 is 1.82. The number of rotatable bonds is 7. The maximum atomic E-state index is 4.09. The van der Waals surface area contributed by atoms with Gasteiger partial charge in [0.2, 0.25) is 0 Å². The monoisotopic (exact) mass is 262 g/mol. The van der Waals surface area contributed by atoms with Crippen molar-refractivity contribution in [3.05, 3.63) is 42.5 Å². The summed E-state index contributed by atoms with van der Waals surface area (Å²) in [5.74, 6) is 1.21. The highest BCUT2D eigenvalue weighted by Crippen LogP contribution is 2.10.